The summed E-state index contributed by atoms with van der Waals surface area (Å²) in [5.41, 5.74) is 4.41. The molecule has 0 amide bonds. The molecule has 0 bridgehead atoms. The van der Waals surface area contributed by atoms with Crippen LogP contribution in [0.5, 0.6) is 0 Å². The van der Waals surface area contributed by atoms with E-state index in [0.29, 0.717) is 0 Å². The van der Waals surface area contributed by atoms with Gasteiger partial charge in [0.25, 0.3) is 0 Å². The Balaban J connectivity index is 4.22. The third-order valence-electron chi connectivity index (χ3n) is 0.813. The van der Waals surface area contributed by atoms with E-state index in [4.69, 9.17) is 0 Å². The summed E-state index contributed by atoms with van der Waals surface area (Å²) in [4.78, 5) is 20.8. The monoisotopic (exact) mass is 167 g/mol. The SMILES string of the molecule is COC(=O)[C-]=C=C=CC(=O)OC. The largest absolute Gasteiger partial charge is 0.479 e. The molecule has 0 aliphatic rings. The number of carbonyl (C=O) groups excluding carboxylic acids is 2. The maximum atomic E-state index is 10.4. The Kier molecular flexibility index (Phi) is 5.11. The lowest BCUT2D eigenvalue weighted by molar-refractivity contribution is -0.136. The molecular formula is C8H7O4-. The normalized spacial score (nSPS) is 7.17. The molecule has 0 aromatic rings. The minimum atomic E-state index is -0.680. The molecule has 0 atom stereocenters. The smallest absolute Gasteiger partial charge is 0.318 e. The molecule has 0 spiro atoms. The van der Waals surface area contributed by atoms with Crippen molar-refractivity contribution in [1.29, 1.82) is 0 Å². The summed E-state index contributed by atoms with van der Waals surface area (Å²) >= 11 is 0. The Morgan fingerprint density at radius 1 is 1.33 bits per heavy atom. The molecule has 4 nitrogen and oxygen atoms in total. The predicted octanol–water partition coefficient (Wildman–Crippen LogP) is 0.00199. The summed E-state index contributed by atoms with van der Waals surface area (Å²) in [6.07, 6.45) is 3.03. The summed E-state index contributed by atoms with van der Waals surface area (Å²) in [5, 5.41) is 0. The zero-order valence-corrected chi connectivity index (χ0v) is 6.71. The van der Waals surface area contributed by atoms with Crippen molar-refractivity contribution in [3.8, 4) is 0 Å². The molecule has 12 heavy (non-hydrogen) atoms. The molecular weight excluding hydrogens is 160 g/mol. The molecule has 0 saturated carbocycles. The maximum absolute atomic E-state index is 10.4. The maximum Gasteiger partial charge on any atom is 0.318 e. The van der Waals surface area contributed by atoms with Crippen molar-refractivity contribution in [2.24, 2.45) is 0 Å². The lowest BCUT2D eigenvalue weighted by atomic mass is 10.5. The molecule has 0 heterocycles. The van der Waals surface area contributed by atoms with Crippen LogP contribution in [0.3, 0.4) is 0 Å². The first-order chi connectivity index (χ1) is 5.70. The van der Waals surface area contributed by atoms with Gasteiger partial charge < -0.3 is 9.47 Å². The van der Waals surface area contributed by atoms with Crippen LogP contribution in [0.4, 0.5) is 0 Å². The van der Waals surface area contributed by atoms with E-state index >= 15 is 0 Å². The van der Waals surface area contributed by atoms with Crippen LogP contribution in [0.2, 0.25) is 0 Å². The fourth-order valence-corrected chi connectivity index (χ4v) is 0.292. The van der Waals surface area contributed by atoms with Crippen molar-refractivity contribution in [2.75, 3.05) is 14.2 Å². The second-order valence-electron chi connectivity index (χ2n) is 1.55. The molecule has 0 aliphatic carbocycles. The fourth-order valence-electron chi connectivity index (χ4n) is 0.292. The van der Waals surface area contributed by atoms with Gasteiger partial charge in [0.05, 0.1) is 14.2 Å². The van der Waals surface area contributed by atoms with Crippen LogP contribution in [0.15, 0.2) is 17.5 Å². The van der Waals surface area contributed by atoms with Crippen LogP contribution >= 0.6 is 0 Å². The average Bonchev–Trinajstić information content (AvgIpc) is 2.11. The predicted molar refractivity (Wildman–Crippen MR) is 38.9 cm³/mol. The summed E-state index contributed by atoms with van der Waals surface area (Å²) in [6.45, 7) is 0. The van der Waals surface area contributed by atoms with Crippen LogP contribution in [0.25, 0.3) is 0 Å². The first kappa shape index (κ1) is 10.2. The van der Waals surface area contributed by atoms with E-state index in [2.05, 4.69) is 27.0 Å². The Morgan fingerprint density at radius 2 is 2.00 bits per heavy atom. The van der Waals surface area contributed by atoms with E-state index in [1.54, 1.807) is 0 Å². The van der Waals surface area contributed by atoms with Crippen LogP contribution in [0, 0.1) is 6.08 Å². The van der Waals surface area contributed by atoms with E-state index in [-0.39, 0.29) is 0 Å². The van der Waals surface area contributed by atoms with E-state index < -0.39 is 11.9 Å². The van der Waals surface area contributed by atoms with Gasteiger partial charge >= 0.3 is 5.97 Å². The Bertz CT molecular complexity index is 237. The highest BCUT2D eigenvalue weighted by molar-refractivity contribution is 5.81. The first-order valence-electron chi connectivity index (χ1n) is 2.96. The molecule has 4 heteroatoms. The van der Waals surface area contributed by atoms with Crippen molar-refractivity contribution in [2.45, 2.75) is 0 Å². The molecule has 0 aliphatic heterocycles. The van der Waals surface area contributed by atoms with Crippen LogP contribution in [-0.4, -0.2) is 26.2 Å². The van der Waals surface area contributed by atoms with Gasteiger partial charge in [0.1, 0.15) is 0 Å². The standard InChI is InChI=1S/C8H7O4/c1-11-7(9)5-3-4-6-8(10)12-2/h5H,1-2H3/q-1. The van der Waals surface area contributed by atoms with Crippen LogP contribution < -0.4 is 0 Å². The molecule has 0 unspecified atom stereocenters. The van der Waals surface area contributed by atoms with Gasteiger partial charge in [-0.25, -0.2) is 4.79 Å². The molecule has 0 aromatic heterocycles. The zero-order chi connectivity index (χ0) is 9.40. The second kappa shape index (κ2) is 5.98. The molecule has 0 rings (SSSR count). The molecule has 0 fully saturated rings. The van der Waals surface area contributed by atoms with Gasteiger partial charge in [-0.15, -0.1) is 6.08 Å². The van der Waals surface area contributed by atoms with Crippen molar-refractivity contribution in [3.05, 3.63) is 23.6 Å². The number of hydrogen-bond acceptors (Lipinski definition) is 4. The summed E-state index contributed by atoms with van der Waals surface area (Å²) in [6, 6.07) is 0. The van der Waals surface area contributed by atoms with Gasteiger partial charge in [-0.1, -0.05) is 0 Å². The number of carbonyl (C=O) groups is 2. The highest BCUT2D eigenvalue weighted by Crippen LogP contribution is 1.74. The Labute approximate surface area is 69.8 Å². The number of ether oxygens (including phenoxy) is 2. The highest BCUT2D eigenvalue weighted by atomic mass is 16.5. The van der Waals surface area contributed by atoms with Crippen molar-refractivity contribution in [1.82, 2.24) is 0 Å². The minimum absolute atomic E-state index is 0.575. The topological polar surface area (TPSA) is 52.6 Å². The van der Waals surface area contributed by atoms with Gasteiger partial charge in [0.2, 0.25) is 5.97 Å². The third kappa shape index (κ3) is 5.06. The quantitative estimate of drug-likeness (QED) is 0.251. The Morgan fingerprint density at radius 3 is 2.50 bits per heavy atom. The lowest BCUT2D eigenvalue weighted by Crippen LogP contribution is -1.93. The third-order valence-corrected chi connectivity index (χ3v) is 0.813. The zero-order valence-electron chi connectivity index (χ0n) is 6.71. The van der Waals surface area contributed by atoms with Crippen molar-refractivity contribution in [3.63, 3.8) is 0 Å². The van der Waals surface area contributed by atoms with Gasteiger partial charge in [-0.05, 0) is 6.08 Å². The van der Waals surface area contributed by atoms with Crippen LogP contribution in [0.1, 0.15) is 0 Å². The van der Waals surface area contributed by atoms with Gasteiger partial charge in [-0.2, -0.15) is 0 Å². The van der Waals surface area contributed by atoms with Crippen molar-refractivity contribution < 1.29 is 19.1 Å². The van der Waals surface area contributed by atoms with Gasteiger partial charge in [0, 0.05) is 0 Å². The van der Waals surface area contributed by atoms with Crippen molar-refractivity contribution >= 4 is 11.9 Å². The minimum Gasteiger partial charge on any atom is -0.479 e. The molecule has 0 radical (unpaired) electrons. The molecule has 0 aromatic carbocycles. The van der Waals surface area contributed by atoms with E-state index in [9.17, 15) is 9.59 Å². The van der Waals surface area contributed by atoms with E-state index in [1.807, 2.05) is 0 Å². The van der Waals surface area contributed by atoms with E-state index in [1.165, 1.54) is 14.2 Å². The summed E-state index contributed by atoms with van der Waals surface area (Å²) < 4.78 is 8.44. The number of rotatable bonds is 2. The highest BCUT2D eigenvalue weighted by Gasteiger charge is 1.81. The second-order valence-corrected chi connectivity index (χ2v) is 1.55. The number of methoxy groups -OCH3 is 2. The molecule has 0 N–H and O–H groups in total. The number of esters is 2. The first-order valence-corrected chi connectivity index (χ1v) is 2.96. The number of hydrogen-bond donors (Lipinski definition) is 0. The molecule has 0 saturated heterocycles. The summed E-state index contributed by atoms with van der Waals surface area (Å²) in [5.74, 6) is -1.25. The van der Waals surface area contributed by atoms with Gasteiger partial charge in [-0.3, -0.25) is 16.3 Å². The van der Waals surface area contributed by atoms with E-state index in [0.717, 1.165) is 6.08 Å². The summed E-state index contributed by atoms with van der Waals surface area (Å²) in [7, 11) is 2.44. The molecule has 64 valence electrons. The Hall–Kier alpha value is -1.76. The van der Waals surface area contributed by atoms with Crippen LogP contribution in [-0.2, 0) is 19.1 Å². The fraction of sp³-hybridized carbons (Fsp3) is 0.250. The average molecular weight is 167 g/mol. The van der Waals surface area contributed by atoms with Gasteiger partial charge in [0.15, 0.2) is 0 Å². The lowest BCUT2D eigenvalue weighted by Gasteiger charge is -1.90.